The molecule has 172 valence electrons. The van der Waals surface area contributed by atoms with Crippen molar-refractivity contribution in [2.24, 2.45) is 5.16 Å². The highest BCUT2D eigenvalue weighted by Crippen LogP contribution is 2.33. The lowest BCUT2D eigenvalue weighted by atomic mass is 10.1. The van der Waals surface area contributed by atoms with E-state index < -0.39 is 39.1 Å². The van der Waals surface area contributed by atoms with Gasteiger partial charge in [0.2, 0.25) is 6.61 Å². The van der Waals surface area contributed by atoms with Crippen molar-refractivity contribution < 1.29 is 32.0 Å². The molecule has 0 unspecified atom stereocenters. The topological polar surface area (TPSA) is 124 Å². The summed E-state index contributed by atoms with van der Waals surface area (Å²) in [6, 6.07) is 5.57. The Balaban J connectivity index is 1.80. The van der Waals surface area contributed by atoms with Crippen molar-refractivity contribution >= 4 is 43.9 Å². The van der Waals surface area contributed by atoms with Crippen LogP contribution in [0.1, 0.15) is 39.2 Å². The molecule has 12 heteroatoms. The van der Waals surface area contributed by atoms with E-state index in [4.69, 9.17) is 9.57 Å². The molecule has 2 aromatic rings. The van der Waals surface area contributed by atoms with Crippen LogP contribution >= 0.6 is 11.3 Å². The monoisotopic (exact) mass is 483 g/mol. The molecule has 1 aliphatic rings. The van der Waals surface area contributed by atoms with E-state index >= 15 is 0 Å². The molecular weight excluding hydrogens is 461 g/mol. The number of benzene rings is 1. The van der Waals surface area contributed by atoms with Gasteiger partial charge >= 0.3 is 5.97 Å². The molecular formula is C20H22FN3O6S2. The molecule has 3 rings (SSSR count). The van der Waals surface area contributed by atoms with Gasteiger partial charge in [-0.1, -0.05) is 28.6 Å². The number of aromatic nitrogens is 1. The summed E-state index contributed by atoms with van der Waals surface area (Å²) in [5.41, 5.74) is -0.736. The number of rotatable bonds is 8. The molecule has 0 saturated heterocycles. The molecule has 1 fully saturated rings. The minimum Gasteiger partial charge on any atom is -0.457 e. The minimum atomic E-state index is -3.40. The number of anilines is 1. The Kier molecular flexibility index (Phi) is 6.94. The fourth-order valence-corrected chi connectivity index (χ4v) is 4.78. The predicted octanol–water partition coefficient (Wildman–Crippen LogP) is 2.92. The van der Waals surface area contributed by atoms with Crippen LogP contribution in [-0.2, 0) is 29.0 Å². The van der Waals surface area contributed by atoms with Crippen LogP contribution in [0.4, 0.5) is 9.52 Å². The molecule has 1 saturated carbocycles. The van der Waals surface area contributed by atoms with Crippen LogP contribution in [0.5, 0.6) is 0 Å². The van der Waals surface area contributed by atoms with E-state index in [0.717, 1.165) is 6.20 Å². The number of esters is 1. The zero-order chi connectivity index (χ0) is 23.5. The summed E-state index contributed by atoms with van der Waals surface area (Å²) in [6.45, 7) is 4.53. The highest BCUT2D eigenvalue weighted by Gasteiger charge is 2.36. The Morgan fingerprint density at radius 1 is 1.25 bits per heavy atom. The Bertz CT molecular complexity index is 1130. The van der Waals surface area contributed by atoms with Gasteiger partial charge in [-0.25, -0.2) is 18.2 Å². The van der Waals surface area contributed by atoms with Crippen LogP contribution in [0.2, 0.25) is 0 Å². The van der Waals surface area contributed by atoms with Gasteiger partial charge in [-0.05, 0) is 45.7 Å². The molecule has 1 N–H and O–H groups in total. The van der Waals surface area contributed by atoms with Crippen LogP contribution in [0.15, 0.2) is 40.5 Å². The number of thiazole rings is 1. The highest BCUT2D eigenvalue weighted by molar-refractivity contribution is 7.92. The third kappa shape index (κ3) is 6.33. The number of ether oxygens (including phenoxy) is 1. The Morgan fingerprint density at radius 3 is 2.44 bits per heavy atom. The van der Waals surface area contributed by atoms with Crippen molar-refractivity contribution in [2.75, 3.05) is 11.9 Å². The number of amides is 1. The highest BCUT2D eigenvalue weighted by atomic mass is 32.2. The van der Waals surface area contributed by atoms with Crippen molar-refractivity contribution in [3.8, 4) is 0 Å². The molecule has 0 spiro atoms. The van der Waals surface area contributed by atoms with Gasteiger partial charge in [0, 0.05) is 5.56 Å². The molecule has 9 nitrogen and oxygen atoms in total. The van der Waals surface area contributed by atoms with E-state index in [9.17, 15) is 22.4 Å². The number of hydrogen-bond acceptors (Lipinski definition) is 9. The zero-order valence-corrected chi connectivity index (χ0v) is 19.3. The van der Waals surface area contributed by atoms with Crippen molar-refractivity contribution in [3.63, 3.8) is 0 Å². The Labute approximate surface area is 188 Å². The molecule has 0 atom stereocenters. The number of oxime groups is 1. The molecule has 0 radical (unpaired) electrons. The van der Waals surface area contributed by atoms with Crippen molar-refractivity contribution in [1.82, 2.24) is 4.98 Å². The normalized spacial score (nSPS) is 14.7. The van der Waals surface area contributed by atoms with Gasteiger partial charge in [0.15, 0.2) is 25.8 Å². The van der Waals surface area contributed by atoms with Crippen LogP contribution in [0, 0.1) is 5.13 Å². The van der Waals surface area contributed by atoms with Gasteiger partial charge < -0.3 is 9.57 Å². The lowest BCUT2D eigenvalue weighted by molar-refractivity contribution is -0.160. The van der Waals surface area contributed by atoms with Crippen molar-refractivity contribution in [1.29, 1.82) is 0 Å². The molecule has 1 heterocycles. The Hall–Kier alpha value is -2.86. The lowest BCUT2D eigenvalue weighted by Gasteiger charge is -2.18. The summed E-state index contributed by atoms with van der Waals surface area (Å²) in [6.07, 6.45) is 2.21. The first-order valence-corrected chi connectivity index (χ1v) is 12.0. The zero-order valence-electron chi connectivity index (χ0n) is 17.6. The number of carbonyl (C=O) groups excluding carboxylic acids is 2. The maximum absolute atomic E-state index is 13.2. The van der Waals surface area contributed by atoms with Crippen LogP contribution in [-0.4, -0.2) is 48.4 Å². The average molecular weight is 484 g/mol. The van der Waals surface area contributed by atoms with E-state index in [1.54, 1.807) is 20.8 Å². The van der Waals surface area contributed by atoms with Gasteiger partial charge in [-0.15, -0.1) is 0 Å². The number of carbonyl (C=O) groups is 2. The summed E-state index contributed by atoms with van der Waals surface area (Å²) in [5.74, 6) is -1.46. The summed E-state index contributed by atoms with van der Waals surface area (Å²) >= 11 is 0.621. The minimum absolute atomic E-state index is 0.000253. The number of sulfone groups is 1. The van der Waals surface area contributed by atoms with Crippen LogP contribution in [0.3, 0.4) is 0 Å². The van der Waals surface area contributed by atoms with Crippen LogP contribution < -0.4 is 5.32 Å². The fourth-order valence-electron chi connectivity index (χ4n) is 2.59. The number of halogens is 1. The summed E-state index contributed by atoms with van der Waals surface area (Å²) in [5, 5.41) is 5.18. The van der Waals surface area contributed by atoms with Crippen LogP contribution in [0.25, 0.3) is 0 Å². The molecule has 1 amide bonds. The predicted molar refractivity (Wildman–Crippen MR) is 116 cm³/mol. The molecule has 32 heavy (non-hydrogen) atoms. The molecule has 0 bridgehead atoms. The molecule has 1 aromatic heterocycles. The number of hydrogen-bond donors (Lipinski definition) is 1. The smallest absolute Gasteiger partial charge is 0.347 e. The van der Waals surface area contributed by atoms with E-state index in [-0.39, 0.29) is 26.6 Å². The maximum atomic E-state index is 13.2. The lowest BCUT2D eigenvalue weighted by Crippen LogP contribution is -2.27. The number of nitrogens with one attached hydrogen (secondary N) is 1. The first-order valence-electron chi connectivity index (χ1n) is 9.64. The second kappa shape index (κ2) is 9.33. The quantitative estimate of drug-likeness (QED) is 0.348. The van der Waals surface area contributed by atoms with Gasteiger partial charge in [0.1, 0.15) is 5.60 Å². The summed E-state index contributed by atoms with van der Waals surface area (Å²) < 4.78 is 43.1. The van der Waals surface area contributed by atoms with Gasteiger partial charge in [0.25, 0.3) is 5.91 Å². The molecule has 1 aliphatic carbocycles. The second-order valence-corrected chi connectivity index (χ2v) is 11.2. The first kappa shape index (κ1) is 23.8. The summed E-state index contributed by atoms with van der Waals surface area (Å²) in [7, 11) is -3.40. The molecule has 1 aromatic carbocycles. The van der Waals surface area contributed by atoms with E-state index in [2.05, 4.69) is 15.5 Å². The fraction of sp³-hybridized carbons (Fsp3) is 0.400. The van der Waals surface area contributed by atoms with Gasteiger partial charge in [-0.3, -0.25) is 10.1 Å². The first-order chi connectivity index (χ1) is 15.0. The SMILES string of the molecule is CC(C)(C)OC(=O)CON=C(C(=O)Nc1ncc(F)s1)c1ccc(S(=O)(=O)C2CC2)cc1. The second-order valence-electron chi connectivity index (χ2n) is 7.99. The van der Waals surface area contributed by atoms with E-state index in [1.165, 1.54) is 24.3 Å². The average Bonchev–Trinajstić information content (AvgIpc) is 3.48. The number of nitrogens with zero attached hydrogens (tertiary/aromatic N) is 2. The van der Waals surface area contributed by atoms with E-state index in [1.807, 2.05) is 0 Å². The third-order valence-corrected chi connectivity index (χ3v) is 7.07. The standard InChI is InChI=1S/C20H22FN3O6S2/c1-20(2,3)30-16(25)11-29-24-17(18(26)23-19-22-10-15(21)31-19)12-4-6-13(7-5-12)32(27,28)14-8-9-14/h4-7,10,14H,8-9,11H2,1-3H3,(H,22,23,26). The maximum Gasteiger partial charge on any atom is 0.347 e. The van der Waals surface area contributed by atoms with Gasteiger partial charge in [-0.2, -0.15) is 4.39 Å². The van der Waals surface area contributed by atoms with Crippen molar-refractivity contribution in [3.05, 3.63) is 41.2 Å². The van der Waals surface area contributed by atoms with E-state index in [0.29, 0.717) is 24.2 Å². The third-order valence-electron chi connectivity index (χ3n) is 4.09. The largest absolute Gasteiger partial charge is 0.457 e. The van der Waals surface area contributed by atoms with Gasteiger partial charge in [0.05, 0.1) is 16.3 Å². The molecule has 0 aliphatic heterocycles. The summed E-state index contributed by atoms with van der Waals surface area (Å²) in [4.78, 5) is 33.4. The van der Waals surface area contributed by atoms with Crippen molar-refractivity contribution in [2.45, 2.75) is 49.4 Å². The Morgan fingerprint density at radius 2 is 1.91 bits per heavy atom.